The van der Waals surface area contributed by atoms with Crippen LogP contribution in [0.5, 0.6) is 11.5 Å². The topological polar surface area (TPSA) is 35.5 Å². The average Bonchev–Trinajstić information content (AvgIpc) is 2.33. The molecule has 0 aromatic heterocycles. The third kappa shape index (κ3) is 4.10. The van der Waals surface area contributed by atoms with Crippen LogP contribution >= 0.6 is 0 Å². The van der Waals surface area contributed by atoms with Crippen LogP contribution in [0.2, 0.25) is 0 Å². The van der Waals surface area contributed by atoms with E-state index >= 15 is 0 Å². The highest BCUT2D eigenvalue weighted by molar-refractivity contribution is 5.75. The number of benzene rings is 1. The number of aryl methyl sites for hydroxylation is 1. The molecule has 94 valence electrons. The van der Waals surface area contributed by atoms with Gasteiger partial charge >= 0.3 is 0 Å². The zero-order valence-electron chi connectivity index (χ0n) is 10.8. The van der Waals surface area contributed by atoms with Crippen molar-refractivity contribution < 1.29 is 14.3 Å². The summed E-state index contributed by atoms with van der Waals surface area (Å²) in [4.78, 5) is 11.0. The van der Waals surface area contributed by atoms with Gasteiger partial charge in [0.2, 0.25) is 0 Å². The molecule has 0 fully saturated rings. The molecule has 1 aromatic rings. The number of para-hydroxylation sites is 1. The first-order chi connectivity index (χ1) is 8.19. The second kappa shape index (κ2) is 6.94. The third-order valence-corrected chi connectivity index (χ3v) is 2.48. The van der Waals surface area contributed by atoms with Crippen molar-refractivity contribution in [3.63, 3.8) is 0 Å². The predicted molar refractivity (Wildman–Crippen MR) is 67.8 cm³/mol. The number of hydrogen-bond donors (Lipinski definition) is 0. The van der Waals surface area contributed by atoms with Gasteiger partial charge < -0.3 is 14.3 Å². The van der Waals surface area contributed by atoms with Gasteiger partial charge in [-0.25, -0.2) is 0 Å². The number of Topliss-reactive ketones (excluding diaryl/α,β-unsaturated/α-hetero) is 1. The Morgan fingerprint density at radius 1 is 1.35 bits per heavy atom. The summed E-state index contributed by atoms with van der Waals surface area (Å²) in [6.45, 7) is 4.32. The van der Waals surface area contributed by atoms with Crippen molar-refractivity contribution in [3.05, 3.63) is 23.8 Å². The standard InChI is InChI=1S/C14H20O3/c1-4-10-17-14-12(9-8-11(2)15)6-5-7-13(14)16-3/h5-7H,4,8-10H2,1-3H3. The summed E-state index contributed by atoms with van der Waals surface area (Å²) in [5.74, 6) is 1.70. The van der Waals surface area contributed by atoms with Crippen molar-refractivity contribution in [1.82, 2.24) is 0 Å². The summed E-state index contributed by atoms with van der Waals surface area (Å²) < 4.78 is 11.0. The van der Waals surface area contributed by atoms with Crippen LogP contribution in [0.4, 0.5) is 0 Å². The molecule has 0 aliphatic heterocycles. The van der Waals surface area contributed by atoms with Crippen molar-refractivity contribution in [2.24, 2.45) is 0 Å². The molecule has 0 amide bonds. The molecule has 0 saturated carbocycles. The van der Waals surface area contributed by atoms with Crippen LogP contribution in [-0.2, 0) is 11.2 Å². The molecule has 0 atom stereocenters. The first-order valence-electron chi connectivity index (χ1n) is 5.97. The fraction of sp³-hybridized carbons (Fsp3) is 0.500. The lowest BCUT2D eigenvalue weighted by Gasteiger charge is -2.14. The number of rotatable bonds is 7. The van der Waals surface area contributed by atoms with E-state index in [1.165, 1.54) is 0 Å². The number of carbonyl (C=O) groups excluding carboxylic acids is 1. The smallest absolute Gasteiger partial charge is 0.164 e. The van der Waals surface area contributed by atoms with E-state index in [4.69, 9.17) is 9.47 Å². The van der Waals surface area contributed by atoms with Gasteiger partial charge in [-0.1, -0.05) is 19.1 Å². The molecule has 1 rings (SSSR count). The quantitative estimate of drug-likeness (QED) is 0.730. The first kappa shape index (κ1) is 13.6. The number of ether oxygens (including phenoxy) is 2. The van der Waals surface area contributed by atoms with Gasteiger partial charge in [0.05, 0.1) is 13.7 Å². The molecule has 1 aromatic carbocycles. The van der Waals surface area contributed by atoms with Gasteiger partial charge in [-0.05, 0) is 31.4 Å². The number of carbonyl (C=O) groups is 1. The lowest BCUT2D eigenvalue weighted by molar-refractivity contribution is -0.116. The Hall–Kier alpha value is -1.51. The van der Waals surface area contributed by atoms with Crippen molar-refractivity contribution >= 4 is 5.78 Å². The minimum atomic E-state index is 0.189. The lowest BCUT2D eigenvalue weighted by atomic mass is 10.1. The van der Waals surface area contributed by atoms with E-state index in [0.29, 0.717) is 19.4 Å². The molecule has 0 aliphatic carbocycles. The zero-order chi connectivity index (χ0) is 12.7. The largest absolute Gasteiger partial charge is 0.493 e. The summed E-state index contributed by atoms with van der Waals surface area (Å²) in [6.07, 6.45) is 2.19. The summed E-state index contributed by atoms with van der Waals surface area (Å²) in [5, 5.41) is 0. The molecule has 0 saturated heterocycles. The van der Waals surface area contributed by atoms with Gasteiger partial charge in [-0.2, -0.15) is 0 Å². The monoisotopic (exact) mass is 236 g/mol. The summed E-state index contributed by atoms with van der Waals surface area (Å²) in [7, 11) is 1.63. The van der Waals surface area contributed by atoms with E-state index < -0.39 is 0 Å². The Bertz CT molecular complexity index is 372. The van der Waals surface area contributed by atoms with Crippen molar-refractivity contribution in [1.29, 1.82) is 0 Å². The molecule has 0 aliphatic rings. The third-order valence-electron chi connectivity index (χ3n) is 2.48. The number of methoxy groups -OCH3 is 1. The minimum Gasteiger partial charge on any atom is -0.493 e. The molecule has 0 spiro atoms. The van der Waals surface area contributed by atoms with E-state index in [0.717, 1.165) is 23.5 Å². The highest BCUT2D eigenvalue weighted by Gasteiger charge is 2.10. The van der Waals surface area contributed by atoms with E-state index in [9.17, 15) is 4.79 Å². The average molecular weight is 236 g/mol. The van der Waals surface area contributed by atoms with Crippen LogP contribution in [0.25, 0.3) is 0 Å². The number of ketones is 1. The maximum Gasteiger partial charge on any atom is 0.164 e. The Morgan fingerprint density at radius 3 is 2.71 bits per heavy atom. The van der Waals surface area contributed by atoms with Gasteiger partial charge in [0.25, 0.3) is 0 Å². The molecule has 0 unspecified atom stereocenters. The summed E-state index contributed by atoms with van der Waals surface area (Å²) >= 11 is 0. The molecule has 17 heavy (non-hydrogen) atoms. The fourth-order valence-corrected chi connectivity index (χ4v) is 1.60. The van der Waals surface area contributed by atoms with Crippen molar-refractivity contribution in [3.8, 4) is 11.5 Å². The van der Waals surface area contributed by atoms with E-state index in [-0.39, 0.29) is 5.78 Å². The highest BCUT2D eigenvalue weighted by atomic mass is 16.5. The van der Waals surface area contributed by atoms with E-state index in [1.54, 1.807) is 14.0 Å². The van der Waals surface area contributed by atoms with Crippen LogP contribution in [0.1, 0.15) is 32.3 Å². The van der Waals surface area contributed by atoms with E-state index in [1.807, 2.05) is 18.2 Å². The van der Waals surface area contributed by atoms with Crippen LogP contribution < -0.4 is 9.47 Å². The number of hydrogen-bond acceptors (Lipinski definition) is 3. The Balaban J connectivity index is 2.88. The second-order valence-electron chi connectivity index (χ2n) is 4.00. The van der Waals surface area contributed by atoms with Gasteiger partial charge in [-0.3, -0.25) is 0 Å². The Morgan fingerprint density at radius 2 is 2.12 bits per heavy atom. The van der Waals surface area contributed by atoms with Crippen LogP contribution in [-0.4, -0.2) is 19.5 Å². The zero-order valence-corrected chi connectivity index (χ0v) is 10.8. The van der Waals surface area contributed by atoms with Crippen LogP contribution in [0, 0.1) is 0 Å². The van der Waals surface area contributed by atoms with Gasteiger partial charge in [0.15, 0.2) is 11.5 Å². The maximum atomic E-state index is 11.0. The molecule has 0 radical (unpaired) electrons. The van der Waals surface area contributed by atoms with Crippen LogP contribution in [0.3, 0.4) is 0 Å². The second-order valence-corrected chi connectivity index (χ2v) is 4.00. The van der Waals surface area contributed by atoms with Gasteiger partial charge in [0.1, 0.15) is 5.78 Å². The molecule has 3 nitrogen and oxygen atoms in total. The molecule has 3 heteroatoms. The Kier molecular flexibility index (Phi) is 5.53. The van der Waals surface area contributed by atoms with Gasteiger partial charge in [0, 0.05) is 6.42 Å². The fourth-order valence-electron chi connectivity index (χ4n) is 1.60. The normalized spacial score (nSPS) is 10.1. The molecular formula is C14H20O3. The van der Waals surface area contributed by atoms with Crippen molar-refractivity contribution in [2.45, 2.75) is 33.1 Å². The SMILES string of the molecule is CCCOc1c(CCC(C)=O)cccc1OC. The van der Waals surface area contributed by atoms with Crippen LogP contribution in [0.15, 0.2) is 18.2 Å². The molecule has 0 N–H and O–H groups in total. The van der Waals surface area contributed by atoms with Crippen molar-refractivity contribution in [2.75, 3.05) is 13.7 Å². The molecule has 0 bridgehead atoms. The van der Waals surface area contributed by atoms with Gasteiger partial charge in [-0.15, -0.1) is 0 Å². The lowest BCUT2D eigenvalue weighted by Crippen LogP contribution is -2.03. The minimum absolute atomic E-state index is 0.189. The molecular weight excluding hydrogens is 216 g/mol. The maximum absolute atomic E-state index is 11.0. The Labute approximate surface area is 103 Å². The molecule has 0 heterocycles. The van der Waals surface area contributed by atoms with E-state index in [2.05, 4.69) is 6.92 Å². The highest BCUT2D eigenvalue weighted by Crippen LogP contribution is 2.32. The first-order valence-corrected chi connectivity index (χ1v) is 5.97. The summed E-state index contributed by atoms with van der Waals surface area (Å²) in [6, 6.07) is 5.78. The summed E-state index contributed by atoms with van der Waals surface area (Å²) in [5.41, 5.74) is 1.04. The predicted octanol–water partition coefficient (Wildman–Crippen LogP) is 3.01.